The van der Waals surface area contributed by atoms with Crippen LogP contribution in [-0.4, -0.2) is 34.9 Å². The zero-order valence-electron chi connectivity index (χ0n) is 12.5. The highest BCUT2D eigenvalue weighted by atomic mass is 32.1. The second-order valence-electron chi connectivity index (χ2n) is 5.51. The van der Waals surface area contributed by atoms with Crippen LogP contribution in [0.2, 0.25) is 0 Å². The van der Waals surface area contributed by atoms with E-state index in [-0.39, 0.29) is 5.91 Å². The predicted octanol–water partition coefficient (Wildman–Crippen LogP) is 2.81. The maximum atomic E-state index is 12.6. The minimum Gasteiger partial charge on any atom is -0.382 e. The maximum absolute atomic E-state index is 12.6. The van der Waals surface area contributed by atoms with Gasteiger partial charge < -0.3 is 16.0 Å². The molecule has 20 heavy (non-hydrogen) atoms. The van der Waals surface area contributed by atoms with Gasteiger partial charge in [0, 0.05) is 19.1 Å². The van der Waals surface area contributed by atoms with Crippen LogP contribution in [-0.2, 0) is 0 Å². The van der Waals surface area contributed by atoms with Gasteiger partial charge in [0.2, 0.25) is 0 Å². The Labute approximate surface area is 124 Å². The van der Waals surface area contributed by atoms with E-state index in [9.17, 15) is 4.79 Å². The lowest BCUT2D eigenvalue weighted by Crippen LogP contribution is -2.34. The number of carbonyl (C=O) groups excluding carboxylic acids is 1. The molecule has 0 spiro atoms. The molecule has 112 valence electrons. The van der Waals surface area contributed by atoms with E-state index in [4.69, 9.17) is 5.73 Å². The van der Waals surface area contributed by atoms with Crippen LogP contribution in [0.25, 0.3) is 0 Å². The molecule has 0 saturated heterocycles. The summed E-state index contributed by atoms with van der Waals surface area (Å²) < 4.78 is 0. The summed E-state index contributed by atoms with van der Waals surface area (Å²) in [5, 5.41) is 4.07. The molecule has 3 N–H and O–H groups in total. The predicted molar refractivity (Wildman–Crippen MR) is 84.2 cm³/mol. The fourth-order valence-corrected chi connectivity index (χ4v) is 2.88. The van der Waals surface area contributed by atoms with Gasteiger partial charge in [-0.1, -0.05) is 31.6 Å². The summed E-state index contributed by atoms with van der Waals surface area (Å²) in [5.41, 5.74) is 5.91. The molecule has 1 amide bonds. The first-order valence-electron chi connectivity index (χ1n) is 7.37. The lowest BCUT2D eigenvalue weighted by Gasteiger charge is -2.23. The molecule has 1 saturated carbocycles. The summed E-state index contributed by atoms with van der Waals surface area (Å²) in [5.74, 6) is 0.856. The van der Waals surface area contributed by atoms with Crippen LogP contribution in [0, 0.1) is 5.92 Å². The van der Waals surface area contributed by atoms with Crippen molar-refractivity contribution in [3.05, 3.63) is 4.88 Å². The third-order valence-electron chi connectivity index (χ3n) is 3.65. The average Bonchev–Trinajstić information content (AvgIpc) is 3.17. The summed E-state index contributed by atoms with van der Waals surface area (Å²) in [6, 6.07) is 0.519. The standard InChI is InChI=1S/C14H24N4OS/c1-4-9(3)8-18(5-2)13(19)11-12(15)17-14(20-11)16-10-6-7-10/h9-10H,4-8,15H2,1-3H3,(H,16,17). The third kappa shape index (κ3) is 3.62. The van der Waals surface area contributed by atoms with Gasteiger partial charge in [0.05, 0.1) is 0 Å². The first-order valence-corrected chi connectivity index (χ1v) is 8.18. The first kappa shape index (κ1) is 15.1. The number of thiazole rings is 1. The van der Waals surface area contributed by atoms with E-state index < -0.39 is 0 Å². The Morgan fingerprint density at radius 3 is 2.80 bits per heavy atom. The van der Waals surface area contributed by atoms with Gasteiger partial charge in [0.1, 0.15) is 10.7 Å². The van der Waals surface area contributed by atoms with Crippen LogP contribution >= 0.6 is 11.3 Å². The number of nitrogens with two attached hydrogens (primary N) is 1. The fraction of sp³-hybridized carbons (Fsp3) is 0.714. The molecule has 0 aliphatic heterocycles. The lowest BCUT2D eigenvalue weighted by molar-refractivity contribution is 0.0746. The molecule has 1 aliphatic carbocycles. The van der Waals surface area contributed by atoms with Crippen molar-refractivity contribution >= 4 is 28.2 Å². The normalized spacial score (nSPS) is 15.9. The number of hydrogen-bond donors (Lipinski definition) is 2. The number of nitrogens with one attached hydrogen (secondary N) is 1. The van der Waals surface area contributed by atoms with Gasteiger partial charge in [-0.2, -0.15) is 0 Å². The second kappa shape index (κ2) is 6.43. The molecule has 0 radical (unpaired) electrons. The van der Waals surface area contributed by atoms with E-state index in [0.717, 1.165) is 18.1 Å². The molecule has 1 aromatic heterocycles. The number of hydrogen-bond acceptors (Lipinski definition) is 5. The van der Waals surface area contributed by atoms with Crippen molar-refractivity contribution in [1.29, 1.82) is 0 Å². The Morgan fingerprint density at radius 1 is 1.55 bits per heavy atom. The molecule has 1 heterocycles. The highest BCUT2D eigenvalue weighted by Crippen LogP contribution is 2.31. The number of aromatic nitrogens is 1. The zero-order valence-corrected chi connectivity index (χ0v) is 13.3. The first-order chi connectivity index (χ1) is 9.55. The minimum absolute atomic E-state index is 0.00615. The molecule has 0 aromatic carbocycles. The van der Waals surface area contributed by atoms with Crippen LogP contribution in [0.1, 0.15) is 49.7 Å². The SMILES string of the molecule is CCC(C)CN(CC)C(=O)c1sc(NC2CC2)nc1N. The number of nitrogen functional groups attached to an aromatic ring is 1. The van der Waals surface area contributed by atoms with Crippen molar-refractivity contribution in [3.63, 3.8) is 0 Å². The van der Waals surface area contributed by atoms with Gasteiger partial charge in [-0.25, -0.2) is 4.98 Å². The largest absolute Gasteiger partial charge is 0.382 e. The van der Waals surface area contributed by atoms with Crippen molar-refractivity contribution in [2.75, 3.05) is 24.1 Å². The monoisotopic (exact) mass is 296 g/mol. The summed E-state index contributed by atoms with van der Waals surface area (Å²) in [6.45, 7) is 7.77. The van der Waals surface area contributed by atoms with Crippen molar-refractivity contribution in [3.8, 4) is 0 Å². The van der Waals surface area contributed by atoms with Crippen molar-refractivity contribution in [2.45, 2.75) is 46.1 Å². The summed E-state index contributed by atoms with van der Waals surface area (Å²) in [6.07, 6.45) is 3.42. The maximum Gasteiger partial charge on any atom is 0.267 e. The number of carbonyl (C=O) groups is 1. The van der Waals surface area contributed by atoms with Gasteiger partial charge >= 0.3 is 0 Å². The van der Waals surface area contributed by atoms with E-state index in [1.807, 2.05) is 11.8 Å². The molecule has 1 aromatic rings. The van der Waals surface area contributed by atoms with Crippen molar-refractivity contribution < 1.29 is 4.79 Å². The van der Waals surface area contributed by atoms with Crippen molar-refractivity contribution in [1.82, 2.24) is 9.88 Å². The molecule has 5 nitrogen and oxygen atoms in total. The molecule has 1 aliphatic rings. The second-order valence-corrected chi connectivity index (χ2v) is 6.51. The number of nitrogens with zero attached hydrogens (tertiary/aromatic N) is 2. The topological polar surface area (TPSA) is 71.2 Å². The van der Waals surface area contributed by atoms with Crippen LogP contribution in [0.3, 0.4) is 0 Å². The summed E-state index contributed by atoms with van der Waals surface area (Å²) in [4.78, 5) is 19.2. The van der Waals surface area contributed by atoms with E-state index in [1.165, 1.54) is 24.2 Å². The smallest absolute Gasteiger partial charge is 0.267 e. The highest BCUT2D eigenvalue weighted by Gasteiger charge is 2.26. The van der Waals surface area contributed by atoms with Crippen LogP contribution in [0.4, 0.5) is 10.9 Å². The summed E-state index contributed by atoms with van der Waals surface area (Å²) in [7, 11) is 0. The molecule has 1 unspecified atom stereocenters. The quantitative estimate of drug-likeness (QED) is 0.811. The number of anilines is 2. The molecule has 0 bridgehead atoms. The van der Waals surface area contributed by atoms with Gasteiger partial charge in [-0.05, 0) is 25.7 Å². The zero-order chi connectivity index (χ0) is 14.7. The number of rotatable bonds is 7. The Kier molecular flexibility index (Phi) is 4.86. The Bertz CT molecular complexity index is 470. The molecule has 1 fully saturated rings. The Balaban J connectivity index is 2.07. The van der Waals surface area contributed by atoms with Gasteiger partial charge in [0.25, 0.3) is 5.91 Å². The Morgan fingerprint density at radius 2 is 2.25 bits per heavy atom. The van der Waals surface area contributed by atoms with E-state index in [2.05, 4.69) is 24.1 Å². The van der Waals surface area contributed by atoms with E-state index >= 15 is 0 Å². The third-order valence-corrected chi connectivity index (χ3v) is 4.64. The highest BCUT2D eigenvalue weighted by molar-refractivity contribution is 7.18. The molecule has 2 rings (SSSR count). The van der Waals surface area contributed by atoms with Crippen LogP contribution < -0.4 is 11.1 Å². The molecule has 6 heteroatoms. The van der Waals surface area contributed by atoms with Crippen molar-refractivity contribution in [2.24, 2.45) is 5.92 Å². The molecule has 1 atom stereocenters. The van der Waals surface area contributed by atoms with E-state index in [0.29, 0.717) is 29.2 Å². The minimum atomic E-state index is 0.00615. The molecular weight excluding hydrogens is 272 g/mol. The summed E-state index contributed by atoms with van der Waals surface area (Å²) >= 11 is 1.38. The number of amides is 1. The lowest BCUT2D eigenvalue weighted by atomic mass is 10.1. The van der Waals surface area contributed by atoms with Crippen LogP contribution in [0.5, 0.6) is 0 Å². The average molecular weight is 296 g/mol. The Hall–Kier alpha value is -1.30. The van der Waals surface area contributed by atoms with Gasteiger partial charge in [0.15, 0.2) is 5.13 Å². The van der Waals surface area contributed by atoms with Crippen LogP contribution in [0.15, 0.2) is 0 Å². The van der Waals surface area contributed by atoms with Gasteiger partial charge in [-0.3, -0.25) is 4.79 Å². The molecular formula is C14H24N4OS. The van der Waals surface area contributed by atoms with E-state index in [1.54, 1.807) is 0 Å². The van der Waals surface area contributed by atoms with Gasteiger partial charge in [-0.15, -0.1) is 0 Å². The fourth-order valence-electron chi connectivity index (χ4n) is 1.95.